The molecule has 5 rings (SSSR count). The van der Waals surface area contributed by atoms with E-state index in [-0.39, 0.29) is 17.7 Å². The Morgan fingerprint density at radius 2 is 1.47 bits per heavy atom. The molecular formula is C22H33N5O3. The molecule has 8 nitrogen and oxygen atoms in total. The minimum atomic E-state index is -0.668. The predicted molar refractivity (Wildman–Crippen MR) is 112 cm³/mol. The molecule has 0 spiro atoms. The van der Waals surface area contributed by atoms with Crippen LogP contribution in [-0.2, 0) is 0 Å². The van der Waals surface area contributed by atoms with Gasteiger partial charge in [0.05, 0.1) is 17.8 Å². The number of piperazine rings is 1. The van der Waals surface area contributed by atoms with Gasteiger partial charge in [-0.15, -0.1) is 0 Å². The summed E-state index contributed by atoms with van der Waals surface area (Å²) >= 11 is 0. The minimum absolute atomic E-state index is 0.0500. The van der Waals surface area contributed by atoms with Crippen molar-refractivity contribution in [3.8, 4) is 0 Å². The van der Waals surface area contributed by atoms with Crippen LogP contribution in [0.5, 0.6) is 0 Å². The average molecular weight is 416 g/mol. The summed E-state index contributed by atoms with van der Waals surface area (Å²) in [6.45, 7) is 5.26. The Kier molecular flexibility index (Phi) is 5.64. The topological polar surface area (TPSA) is 93.0 Å². The normalized spacial score (nSPS) is 33.1. The summed E-state index contributed by atoms with van der Waals surface area (Å²) in [6, 6.07) is 0.763. The molecule has 2 N–H and O–H groups in total. The molecule has 164 valence electrons. The highest BCUT2D eigenvalue weighted by Crippen LogP contribution is 2.37. The number of carbonyl (C=O) groups excluding carboxylic acids is 1. The molecule has 0 radical (unpaired) electrons. The number of likely N-dealkylation sites (tertiary alicyclic amines) is 1. The lowest BCUT2D eigenvalue weighted by Crippen LogP contribution is -2.50. The van der Waals surface area contributed by atoms with Crippen LogP contribution < -0.4 is 4.90 Å². The highest BCUT2D eigenvalue weighted by atomic mass is 16.3. The zero-order valence-electron chi connectivity index (χ0n) is 17.6. The number of carbonyl (C=O) groups is 1. The van der Waals surface area contributed by atoms with Crippen molar-refractivity contribution in [3.05, 3.63) is 18.0 Å². The number of aliphatic hydroxyl groups is 2. The first-order chi connectivity index (χ1) is 14.6. The zero-order valence-corrected chi connectivity index (χ0v) is 17.6. The molecular weight excluding hydrogens is 382 g/mol. The molecule has 4 aliphatic rings. The van der Waals surface area contributed by atoms with E-state index < -0.39 is 12.2 Å². The number of hydrogen-bond acceptors (Lipinski definition) is 7. The molecule has 0 bridgehead atoms. The van der Waals surface area contributed by atoms with Crippen molar-refractivity contribution in [1.82, 2.24) is 19.8 Å². The molecule has 3 heterocycles. The van der Waals surface area contributed by atoms with Crippen molar-refractivity contribution in [3.63, 3.8) is 0 Å². The van der Waals surface area contributed by atoms with Crippen molar-refractivity contribution < 1.29 is 15.0 Å². The molecule has 1 aromatic rings. The van der Waals surface area contributed by atoms with Gasteiger partial charge in [0, 0.05) is 57.7 Å². The Labute approximate surface area is 177 Å². The Bertz CT molecular complexity index is 728. The summed E-state index contributed by atoms with van der Waals surface area (Å²) in [5, 5.41) is 19.8. The molecule has 30 heavy (non-hydrogen) atoms. The fourth-order valence-corrected chi connectivity index (χ4v) is 5.91. The molecule has 2 saturated carbocycles. The Balaban J connectivity index is 1.17. The summed E-state index contributed by atoms with van der Waals surface area (Å²) < 4.78 is 0. The lowest BCUT2D eigenvalue weighted by atomic mass is 9.79. The molecule has 1 amide bonds. The van der Waals surface area contributed by atoms with Crippen LogP contribution in [0.2, 0.25) is 0 Å². The van der Waals surface area contributed by atoms with Gasteiger partial charge in [-0.25, -0.2) is 9.97 Å². The number of rotatable bonds is 3. The maximum atomic E-state index is 12.9. The van der Waals surface area contributed by atoms with E-state index >= 15 is 0 Å². The molecule has 4 atom stereocenters. The highest BCUT2D eigenvalue weighted by molar-refractivity contribution is 5.94. The van der Waals surface area contributed by atoms with Gasteiger partial charge in [-0.3, -0.25) is 9.69 Å². The number of anilines is 1. The van der Waals surface area contributed by atoms with Crippen LogP contribution in [0, 0.1) is 11.8 Å². The minimum Gasteiger partial charge on any atom is -0.390 e. The Hall–Kier alpha value is -1.77. The van der Waals surface area contributed by atoms with E-state index in [1.165, 1.54) is 25.7 Å². The zero-order chi connectivity index (χ0) is 20.7. The molecule has 1 aromatic heterocycles. The first-order valence-electron chi connectivity index (χ1n) is 11.5. The molecule has 4 unspecified atom stereocenters. The molecule has 2 saturated heterocycles. The number of aromatic nitrogens is 2. The predicted octanol–water partition coefficient (Wildman–Crippen LogP) is 0.745. The van der Waals surface area contributed by atoms with Crippen LogP contribution in [0.3, 0.4) is 0 Å². The van der Waals surface area contributed by atoms with Crippen LogP contribution >= 0.6 is 0 Å². The van der Waals surface area contributed by atoms with Crippen molar-refractivity contribution in [2.24, 2.45) is 11.8 Å². The number of hydrogen-bond donors (Lipinski definition) is 2. The van der Waals surface area contributed by atoms with Gasteiger partial charge in [-0.1, -0.05) is 12.8 Å². The molecule has 2 aliphatic heterocycles. The fraction of sp³-hybridized carbons (Fsp3) is 0.773. The van der Waals surface area contributed by atoms with Crippen molar-refractivity contribution in [1.29, 1.82) is 0 Å². The standard InChI is InChI=1S/C22H33N5O3/c28-19-9-15-13-27(14-16(15)10-20(19)29)21(30)17-11-23-22(24-12-17)26-7-5-25(6-8-26)18-3-1-2-4-18/h11-12,15-16,18-20,28-29H,1-10,13-14H2. The van der Waals surface area contributed by atoms with Crippen LogP contribution in [0.15, 0.2) is 12.4 Å². The van der Waals surface area contributed by atoms with Gasteiger partial charge in [0.15, 0.2) is 0 Å². The van der Waals surface area contributed by atoms with Gasteiger partial charge in [0.2, 0.25) is 5.95 Å². The third-order valence-corrected chi connectivity index (χ3v) is 7.72. The van der Waals surface area contributed by atoms with Crippen molar-refractivity contribution in [2.75, 3.05) is 44.2 Å². The Morgan fingerprint density at radius 3 is 2.03 bits per heavy atom. The third-order valence-electron chi connectivity index (χ3n) is 7.72. The average Bonchev–Trinajstić information content (AvgIpc) is 3.44. The van der Waals surface area contributed by atoms with Crippen LogP contribution in [0.4, 0.5) is 5.95 Å². The van der Waals surface area contributed by atoms with Gasteiger partial charge < -0.3 is 20.0 Å². The lowest BCUT2D eigenvalue weighted by molar-refractivity contribution is -0.0372. The number of amides is 1. The first-order valence-corrected chi connectivity index (χ1v) is 11.5. The van der Waals surface area contributed by atoms with E-state index in [9.17, 15) is 15.0 Å². The maximum absolute atomic E-state index is 12.9. The highest BCUT2D eigenvalue weighted by Gasteiger charge is 2.42. The van der Waals surface area contributed by atoms with E-state index in [0.29, 0.717) is 37.4 Å². The number of fused-ring (bicyclic) bond motifs is 1. The second-order valence-electron chi connectivity index (χ2n) is 9.57. The van der Waals surface area contributed by atoms with E-state index in [2.05, 4.69) is 19.8 Å². The van der Waals surface area contributed by atoms with Crippen LogP contribution in [-0.4, -0.2) is 93.4 Å². The van der Waals surface area contributed by atoms with Gasteiger partial charge in [-0.05, 0) is 37.5 Å². The summed E-state index contributed by atoms with van der Waals surface area (Å²) in [5.74, 6) is 1.19. The van der Waals surface area contributed by atoms with E-state index in [1.807, 2.05) is 4.90 Å². The van der Waals surface area contributed by atoms with Crippen LogP contribution in [0.25, 0.3) is 0 Å². The smallest absolute Gasteiger partial charge is 0.257 e. The molecule has 2 aliphatic carbocycles. The van der Waals surface area contributed by atoms with Crippen molar-refractivity contribution >= 4 is 11.9 Å². The van der Waals surface area contributed by atoms with Gasteiger partial charge in [-0.2, -0.15) is 0 Å². The van der Waals surface area contributed by atoms with Crippen LogP contribution in [0.1, 0.15) is 48.9 Å². The lowest BCUT2D eigenvalue weighted by Gasteiger charge is -2.38. The summed E-state index contributed by atoms with van der Waals surface area (Å²) in [7, 11) is 0. The van der Waals surface area contributed by atoms with E-state index in [1.54, 1.807) is 12.4 Å². The summed E-state index contributed by atoms with van der Waals surface area (Å²) in [4.78, 5) is 28.6. The largest absolute Gasteiger partial charge is 0.390 e. The fourth-order valence-electron chi connectivity index (χ4n) is 5.91. The van der Waals surface area contributed by atoms with Crippen molar-refractivity contribution in [2.45, 2.75) is 56.8 Å². The second-order valence-corrected chi connectivity index (χ2v) is 9.57. The van der Waals surface area contributed by atoms with Gasteiger partial charge >= 0.3 is 0 Å². The summed E-state index contributed by atoms with van der Waals surface area (Å²) in [6.07, 6.45) is 8.50. The second kappa shape index (κ2) is 8.40. The van der Waals surface area contributed by atoms with Gasteiger partial charge in [0.25, 0.3) is 5.91 Å². The molecule has 0 aromatic carbocycles. The molecule has 4 fully saturated rings. The number of nitrogens with zero attached hydrogens (tertiary/aromatic N) is 5. The van der Waals surface area contributed by atoms with Gasteiger partial charge in [0.1, 0.15) is 0 Å². The monoisotopic (exact) mass is 415 g/mol. The third kappa shape index (κ3) is 3.92. The molecule has 8 heteroatoms. The number of aliphatic hydroxyl groups excluding tert-OH is 2. The first kappa shape index (κ1) is 20.2. The van der Waals surface area contributed by atoms with E-state index in [4.69, 9.17) is 0 Å². The SMILES string of the molecule is O=C(c1cnc(N2CCN(C3CCCC3)CC2)nc1)N1CC2CC(O)C(O)CC2C1. The van der Waals surface area contributed by atoms with E-state index in [0.717, 1.165) is 32.2 Å². The maximum Gasteiger partial charge on any atom is 0.257 e. The Morgan fingerprint density at radius 1 is 0.900 bits per heavy atom. The quantitative estimate of drug-likeness (QED) is 0.752. The summed E-state index contributed by atoms with van der Waals surface area (Å²) in [5.41, 5.74) is 0.517.